The number of benzene rings is 1. The molecule has 0 atom stereocenters. The summed E-state index contributed by atoms with van der Waals surface area (Å²) in [6, 6.07) is 7.07. The van der Waals surface area contributed by atoms with Crippen LogP contribution in [0.2, 0.25) is 5.02 Å². The first-order valence-corrected chi connectivity index (χ1v) is 8.96. The van der Waals surface area contributed by atoms with E-state index < -0.39 is 11.6 Å². The number of furan rings is 1. The fraction of sp³-hybridized carbons (Fsp3) is 0.316. The lowest BCUT2D eigenvalue weighted by Gasteiger charge is -2.18. The van der Waals surface area contributed by atoms with E-state index in [-0.39, 0.29) is 6.61 Å². The summed E-state index contributed by atoms with van der Waals surface area (Å²) in [6.45, 7) is 6.89. The summed E-state index contributed by atoms with van der Waals surface area (Å²) in [6.07, 6.45) is 3.00. The highest BCUT2D eigenvalue weighted by Gasteiger charge is 2.16. The minimum atomic E-state index is -0.570. The number of aryl methyl sites for hydroxylation is 1. The lowest BCUT2D eigenvalue weighted by Crippen LogP contribution is -2.26. The molecular weight excluding hydrogens is 388 g/mol. The molecule has 27 heavy (non-hydrogen) atoms. The van der Waals surface area contributed by atoms with E-state index in [0.29, 0.717) is 15.6 Å². The van der Waals surface area contributed by atoms with Crippen molar-refractivity contribution in [1.29, 1.82) is 0 Å². The average Bonchev–Trinajstić information content (AvgIpc) is 2.99. The molecule has 0 amide bonds. The fourth-order valence-corrected chi connectivity index (χ4v) is 2.59. The molecule has 2 rings (SSSR count). The van der Waals surface area contributed by atoms with Crippen LogP contribution >= 0.6 is 23.8 Å². The highest BCUT2D eigenvalue weighted by molar-refractivity contribution is 7.81. The Kier molecular flexibility index (Phi) is 6.98. The van der Waals surface area contributed by atoms with Crippen LogP contribution in [0.1, 0.15) is 37.7 Å². The van der Waals surface area contributed by atoms with Gasteiger partial charge in [0.25, 0.3) is 0 Å². The standard InChI is InChI=1S/C19H21ClN2O4S/c1-12-15(7-8-24-12)18(27)22-14-5-6-16(20)13(9-14)10-21-25-11-17(23)26-19(2,3)4/h5-10H,11H2,1-4H3,(H,22,27)/b21-10+. The van der Waals surface area contributed by atoms with Gasteiger partial charge < -0.3 is 19.3 Å². The smallest absolute Gasteiger partial charge is 0.347 e. The van der Waals surface area contributed by atoms with Crippen LogP contribution in [0.5, 0.6) is 0 Å². The summed E-state index contributed by atoms with van der Waals surface area (Å²) in [4.78, 5) is 17.1. The third kappa shape index (κ3) is 6.69. The maximum Gasteiger partial charge on any atom is 0.347 e. The van der Waals surface area contributed by atoms with Crippen molar-refractivity contribution >= 4 is 46.7 Å². The number of carbonyl (C=O) groups excluding carboxylic acids is 1. The molecule has 1 heterocycles. The van der Waals surface area contributed by atoms with Crippen molar-refractivity contribution < 1.29 is 18.8 Å². The molecule has 0 saturated carbocycles. The Bertz CT molecular complexity index is 856. The van der Waals surface area contributed by atoms with Crippen molar-refractivity contribution in [1.82, 2.24) is 0 Å². The van der Waals surface area contributed by atoms with E-state index in [1.165, 1.54) is 6.21 Å². The minimum absolute atomic E-state index is 0.285. The molecule has 0 aliphatic rings. The SMILES string of the molecule is Cc1occc1C(=S)Nc1ccc(Cl)c(/C=N/OCC(=O)OC(C)(C)C)c1. The molecule has 1 aromatic carbocycles. The lowest BCUT2D eigenvalue weighted by atomic mass is 10.2. The second-order valence-electron chi connectivity index (χ2n) is 6.68. The Labute approximate surface area is 168 Å². The number of carbonyl (C=O) groups is 1. The summed E-state index contributed by atoms with van der Waals surface area (Å²) >= 11 is 11.6. The van der Waals surface area contributed by atoms with Crippen LogP contribution in [-0.4, -0.2) is 29.4 Å². The zero-order valence-electron chi connectivity index (χ0n) is 15.5. The molecule has 0 aliphatic heterocycles. The third-order valence-corrected chi connectivity index (χ3v) is 3.89. The van der Waals surface area contributed by atoms with Crippen molar-refractivity contribution in [3.8, 4) is 0 Å². The summed E-state index contributed by atoms with van der Waals surface area (Å²) in [5, 5.41) is 7.38. The molecule has 0 aliphatic carbocycles. The maximum atomic E-state index is 11.6. The van der Waals surface area contributed by atoms with Crippen LogP contribution < -0.4 is 5.32 Å². The number of nitrogens with zero attached hydrogens (tertiary/aromatic N) is 1. The van der Waals surface area contributed by atoms with E-state index in [9.17, 15) is 4.79 Å². The number of esters is 1. The van der Waals surface area contributed by atoms with Gasteiger partial charge in [-0.05, 0) is 52.0 Å². The molecule has 0 bridgehead atoms. The van der Waals surface area contributed by atoms with E-state index in [0.717, 1.165) is 17.0 Å². The van der Waals surface area contributed by atoms with E-state index in [1.807, 2.05) is 6.92 Å². The molecule has 0 radical (unpaired) electrons. The number of halogens is 1. The lowest BCUT2D eigenvalue weighted by molar-refractivity contribution is -0.160. The molecule has 0 unspecified atom stereocenters. The zero-order valence-corrected chi connectivity index (χ0v) is 17.1. The Morgan fingerprint density at radius 1 is 1.37 bits per heavy atom. The molecular formula is C19H21ClN2O4S. The largest absolute Gasteiger partial charge is 0.469 e. The third-order valence-electron chi connectivity index (χ3n) is 3.23. The maximum absolute atomic E-state index is 11.6. The first-order valence-electron chi connectivity index (χ1n) is 8.18. The second-order valence-corrected chi connectivity index (χ2v) is 7.49. The van der Waals surface area contributed by atoms with Gasteiger partial charge in [-0.3, -0.25) is 0 Å². The van der Waals surface area contributed by atoms with Gasteiger partial charge in [0.1, 0.15) is 16.3 Å². The van der Waals surface area contributed by atoms with Crippen LogP contribution in [-0.2, 0) is 14.4 Å². The summed E-state index contributed by atoms with van der Waals surface area (Å²) in [5.74, 6) is 0.237. The molecule has 1 N–H and O–H groups in total. The minimum Gasteiger partial charge on any atom is -0.469 e. The number of hydrogen-bond acceptors (Lipinski definition) is 6. The van der Waals surface area contributed by atoms with E-state index in [4.69, 9.17) is 37.8 Å². The van der Waals surface area contributed by atoms with Gasteiger partial charge in [0.15, 0.2) is 0 Å². The van der Waals surface area contributed by atoms with E-state index in [2.05, 4.69) is 10.5 Å². The van der Waals surface area contributed by atoms with Crippen LogP contribution in [0.4, 0.5) is 5.69 Å². The van der Waals surface area contributed by atoms with Gasteiger partial charge in [0, 0.05) is 16.3 Å². The highest BCUT2D eigenvalue weighted by Crippen LogP contribution is 2.21. The molecule has 0 fully saturated rings. The Morgan fingerprint density at radius 2 is 2.11 bits per heavy atom. The molecule has 8 heteroatoms. The summed E-state index contributed by atoms with van der Waals surface area (Å²) in [7, 11) is 0. The summed E-state index contributed by atoms with van der Waals surface area (Å²) in [5.41, 5.74) is 1.59. The van der Waals surface area contributed by atoms with Crippen molar-refractivity contribution in [2.45, 2.75) is 33.3 Å². The number of hydrogen-bond donors (Lipinski definition) is 1. The van der Waals surface area contributed by atoms with Gasteiger partial charge in [-0.2, -0.15) is 0 Å². The van der Waals surface area contributed by atoms with Crippen LogP contribution in [0.25, 0.3) is 0 Å². The van der Waals surface area contributed by atoms with Gasteiger partial charge in [0.05, 0.1) is 18.0 Å². The first kappa shape index (κ1) is 20.9. The van der Waals surface area contributed by atoms with Crippen LogP contribution in [0.15, 0.2) is 40.1 Å². The molecule has 6 nitrogen and oxygen atoms in total. The van der Waals surface area contributed by atoms with Crippen molar-refractivity contribution in [3.05, 3.63) is 52.4 Å². The topological polar surface area (TPSA) is 73.1 Å². The second kappa shape index (κ2) is 9.01. The number of nitrogens with one attached hydrogen (secondary N) is 1. The Morgan fingerprint density at radius 3 is 2.74 bits per heavy atom. The van der Waals surface area contributed by atoms with E-state index in [1.54, 1.807) is 51.3 Å². The molecule has 2 aromatic rings. The Balaban J connectivity index is 1.97. The van der Waals surface area contributed by atoms with Crippen LogP contribution in [0.3, 0.4) is 0 Å². The molecule has 144 valence electrons. The number of rotatable bonds is 6. The zero-order chi connectivity index (χ0) is 20.0. The fourth-order valence-electron chi connectivity index (χ4n) is 2.09. The predicted molar refractivity (Wildman–Crippen MR) is 110 cm³/mol. The first-order chi connectivity index (χ1) is 12.7. The van der Waals surface area contributed by atoms with E-state index >= 15 is 0 Å². The quantitative estimate of drug-likeness (QED) is 0.322. The molecule has 0 spiro atoms. The van der Waals surface area contributed by atoms with Crippen LogP contribution in [0, 0.1) is 6.92 Å². The normalized spacial score (nSPS) is 11.4. The van der Waals surface area contributed by atoms with Gasteiger partial charge >= 0.3 is 5.97 Å². The summed E-state index contributed by atoms with van der Waals surface area (Å²) < 4.78 is 10.4. The van der Waals surface area contributed by atoms with Gasteiger partial charge in [-0.15, -0.1) is 0 Å². The highest BCUT2D eigenvalue weighted by atomic mass is 35.5. The number of anilines is 1. The number of oxime groups is 1. The van der Waals surface area contributed by atoms with Gasteiger partial charge in [-0.1, -0.05) is 29.0 Å². The van der Waals surface area contributed by atoms with Crippen molar-refractivity contribution in [2.75, 3.05) is 11.9 Å². The molecule has 1 aromatic heterocycles. The molecule has 0 saturated heterocycles. The van der Waals surface area contributed by atoms with Crippen molar-refractivity contribution in [2.24, 2.45) is 5.16 Å². The van der Waals surface area contributed by atoms with Gasteiger partial charge in [-0.25, -0.2) is 4.79 Å². The predicted octanol–water partition coefficient (Wildman–Crippen LogP) is 4.72. The van der Waals surface area contributed by atoms with Gasteiger partial charge in [0.2, 0.25) is 6.61 Å². The number of ether oxygens (including phenoxy) is 1. The van der Waals surface area contributed by atoms with Crippen molar-refractivity contribution in [3.63, 3.8) is 0 Å². The average molecular weight is 409 g/mol. The number of thiocarbonyl (C=S) groups is 1. The monoisotopic (exact) mass is 408 g/mol. The Hall–Kier alpha value is -2.38.